The Morgan fingerprint density at radius 1 is 0.477 bits per heavy atom. The van der Waals surface area contributed by atoms with Crippen LogP contribution in [0.25, 0.3) is 21.5 Å². The number of nitro groups is 2. The predicted octanol–water partition coefficient (Wildman–Crippen LogP) is -3.76. The summed E-state index contributed by atoms with van der Waals surface area (Å²) in [5, 5.41) is 76.3. The van der Waals surface area contributed by atoms with Crippen LogP contribution in [0.15, 0.2) is 160 Å². The molecule has 0 amide bonds. The van der Waals surface area contributed by atoms with Crippen LogP contribution in [0.2, 0.25) is 0 Å². The fourth-order valence-corrected chi connectivity index (χ4v) is 8.80. The number of rotatable bonds is 12. The molecule has 32 nitrogen and oxygen atoms in total. The van der Waals surface area contributed by atoms with Crippen molar-refractivity contribution in [1.82, 2.24) is 0 Å². The topological polar surface area (TPSA) is 529 Å². The molecule has 0 saturated heterocycles. The molecule has 0 unspecified atom stereocenters. The van der Waals surface area contributed by atoms with Gasteiger partial charge in [-0.2, -0.15) is 37.7 Å². The minimum Gasteiger partial charge on any atom is -0.744 e. The summed E-state index contributed by atoms with van der Waals surface area (Å²) in [5.74, 6) is -2.68. The summed E-state index contributed by atoms with van der Waals surface area (Å²) in [5.41, 5.74) is 9.35. The fraction of sp³-hybridized carbons (Fsp3) is 0. The van der Waals surface area contributed by atoms with Crippen molar-refractivity contribution in [2.24, 2.45) is 40.9 Å². The molecule has 0 saturated carbocycles. The molecule has 0 fully saturated rings. The number of hydrogen-bond acceptors (Lipinski definition) is 30. The number of carbonyl (C=O) groups is 2. The first kappa shape index (κ1) is 73.3. The van der Waals surface area contributed by atoms with Crippen LogP contribution in [0.4, 0.5) is 68.2 Å². The number of nitrogens with zero attached hydrogens (tertiary/aromatic N) is 10. The van der Waals surface area contributed by atoms with E-state index in [-0.39, 0.29) is 208 Å². The Hall–Kier alpha value is -6.92. The van der Waals surface area contributed by atoms with Crippen LogP contribution in [-0.2, 0) is 41.5 Å². The van der Waals surface area contributed by atoms with E-state index in [9.17, 15) is 66.0 Å². The van der Waals surface area contributed by atoms with E-state index in [1.165, 1.54) is 66.7 Å². The van der Waals surface area contributed by atoms with Gasteiger partial charge < -0.3 is 30.8 Å². The Morgan fingerprint density at radius 2 is 0.930 bits per heavy atom. The molecule has 0 heterocycles. The number of ketones is 2. The van der Waals surface area contributed by atoms with Crippen LogP contribution in [0.5, 0.6) is 11.5 Å². The summed E-state index contributed by atoms with van der Waals surface area (Å²) in [4.78, 5) is 46.0. The smallest absolute Gasteiger partial charge is 0.744 e. The zero-order valence-electron chi connectivity index (χ0n) is 43.9. The quantitative estimate of drug-likeness (QED) is 0.0174. The van der Waals surface area contributed by atoms with Crippen molar-refractivity contribution in [2.75, 3.05) is 11.5 Å². The third kappa shape index (κ3) is 17.2. The van der Waals surface area contributed by atoms with Gasteiger partial charge in [-0.05, 0) is 78.5 Å². The van der Waals surface area contributed by atoms with Crippen molar-refractivity contribution in [3.8, 4) is 11.5 Å². The minimum absolute atomic E-state index is 0. The molecule has 0 aliphatic heterocycles. The van der Waals surface area contributed by atoms with Crippen LogP contribution in [0.1, 0.15) is 31.8 Å². The Balaban J connectivity index is 0.00000152. The zero-order valence-corrected chi connectivity index (χ0v) is 55.2. The molecule has 0 spiro atoms. The summed E-state index contributed by atoms with van der Waals surface area (Å²) < 4.78 is 124. The Labute approximate surface area is 572 Å². The van der Waals surface area contributed by atoms with Crippen LogP contribution in [-0.4, -0.2) is 82.8 Å². The largest absolute Gasteiger partial charge is 1.00 e. The first-order chi connectivity index (χ1) is 38.5. The molecule has 6 N–H and O–H groups in total. The molecule has 1 aliphatic rings. The third-order valence-corrected chi connectivity index (χ3v) is 12.7. The van der Waals surface area contributed by atoms with Crippen molar-refractivity contribution >= 4 is 143 Å². The number of aromatic hydroxyl groups is 2. The average molecular weight is 1280 g/mol. The van der Waals surface area contributed by atoms with Crippen LogP contribution >= 0.6 is 0 Å². The van der Waals surface area contributed by atoms with Gasteiger partial charge in [0.15, 0.2) is 23.0 Å². The summed E-state index contributed by atoms with van der Waals surface area (Å²) in [6.45, 7) is 0. The number of anilines is 2. The molecule has 416 valence electrons. The molecule has 0 radical (unpaired) electrons. The summed E-state index contributed by atoms with van der Waals surface area (Å²) in [6, 6.07) is 26.4. The summed E-state index contributed by atoms with van der Waals surface area (Å²) >= 11 is 0. The number of phenolic OH excluding ortho intramolecular Hbond substituents is 2. The van der Waals surface area contributed by atoms with Gasteiger partial charge in [0.2, 0.25) is 0 Å². The molecule has 86 heavy (non-hydrogen) atoms. The molecular weight excluding hydrogens is 1260 g/mol. The minimum atomic E-state index is -5.52. The molecule has 40 heteroatoms. The van der Waals surface area contributed by atoms with Crippen molar-refractivity contribution in [3.63, 3.8) is 0 Å². The standard InChI is InChI=1S/C46H26N12O14S2.4Na.2O3S/c47-32-11-15-34(52-49-21-1-5-24(6-2-21)57(63)64)28-10-14-37(45(61)40(28)32)55-50-22-3-8-26-29(17-22)43(59)27-9-4-23(18-30(27)44(26)60)51-56-42-39(74(70,71)72)20-31-35(16-12-33(48)41(31)46(42)62)53-54-36-13-7-25(58(65)66)19-38(36)73(67,68)69;;;;;2*1-4(2)3/h1,3-13,15-20,61-62H,47-48H2,(H,67,68,69)(H,70,71,72);;;;;;/q-2;4*+1;;/p-2. The van der Waals surface area contributed by atoms with Gasteiger partial charge in [-0.1, -0.05) is 22.9 Å². The van der Waals surface area contributed by atoms with Crippen molar-refractivity contribution in [3.05, 3.63) is 164 Å². The fourth-order valence-electron chi connectivity index (χ4n) is 7.54. The van der Waals surface area contributed by atoms with Crippen LogP contribution in [0.3, 0.4) is 0 Å². The number of benzene rings is 8. The van der Waals surface area contributed by atoms with E-state index in [4.69, 9.17) is 36.7 Å². The van der Waals surface area contributed by atoms with Gasteiger partial charge in [-0.25, -0.2) is 16.8 Å². The normalized spacial score (nSPS) is 11.7. The maximum Gasteiger partial charge on any atom is 1.00 e. The molecule has 9 rings (SSSR count). The van der Waals surface area contributed by atoms with E-state index >= 15 is 0 Å². The number of nitrogen functional groups attached to an aromatic ring is 2. The number of nitrogens with two attached hydrogens (primary N) is 2. The van der Waals surface area contributed by atoms with Gasteiger partial charge >= 0.3 is 139 Å². The first-order valence-electron chi connectivity index (χ1n) is 21.5. The molecule has 8 aromatic rings. The van der Waals surface area contributed by atoms with Gasteiger partial charge in [0.25, 0.3) is 5.69 Å². The Morgan fingerprint density at radius 3 is 1.42 bits per heavy atom. The number of hydrogen-bond donors (Lipinski definition) is 4. The van der Waals surface area contributed by atoms with E-state index < -0.39 is 101 Å². The first-order valence-corrected chi connectivity index (χ1v) is 26.4. The Kier molecular flexibility index (Phi) is 26.1. The van der Waals surface area contributed by atoms with Gasteiger partial charge in [-0.3, -0.25) is 29.8 Å². The number of non-ortho nitro benzene ring substituents is 2. The average Bonchev–Trinajstić information content (AvgIpc) is 1.32. The number of phenols is 2. The van der Waals surface area contributed by atoms with Gasteiger partial charge in [-0.15, -0.1) is 52.7 Å². The van der Waals surface area contributed by atoms with E-state index in [2.05, 4.69) is 53.0 Å². The zero-order chi connectivity index (χ0) is 60.1. The van der Waals surface area contributed by atoms with Crippen LogP contribution in [0, 0.1) is 32.4 Å². The molecule has 8 aromatic carbocycles. The van der Waals surface area contributed by atoms with Crippen molar-refractivity contribution < 1.29 is 199 Å². The molecule has 0 bridgehead atoms. The number of azo groups is 4. The predicted molar refractivity (Wildman–Crippen MR) is 276 cm³/mol. The van der Waals surface area contributed by atoms with E-state index in [1.807, 2.05) is 0 Å². The van der Waals surface area contributed by atoms with Crippen molar-refractivity contribution in [2.45, 2.75) is 9.79 Å². The van der Waals surface area contributed by atoms with Gasteiger partial charge in [0.05, 0.1) is 37.2 Å². The van der Waals surface area contributed by atoms with E-state index in [0.29, 0.717) is 11.5 Å². The van der Waals surface area contributed by atoms with Crippen molar-refractivity contribution in [1.29, 1.82) is 0 Å². The Bertz CT molecular complexity index is 4680. The second-order valence-electron chi connectivity index (χ2n) is 15.9. The van der Waals surface area contributed by atoms with E-state index in [1.54, 1.807) is 0 Å². The molecule has 0 atom stereocenters. The number of carbonyl (C=O) groups excluding carboxylic acids is 2. The monoisotopic (exact) mass is 1280 g/mol. The molecule has 0 aromatic heterocycles. The number of fused-ring (bicyclic) bond motifs is 4. The maximum absolute atomic E-state index is 13.8. The SMILES string of the molecule is Nc1ccc(N=Nc2[c-]cc([N+](=O)[O-])cc2)c2c[c-]c(N=Nc3ccc4c(c3)C(=O)c3ccc(N=Nc5c(S(=O)(=O)[O-])cc6c(N=Nc7ccc([N+](=O)[O-])cc7S(=O)(=O)[O-])ccc(N)c6c5O)cc3C4=O)c(O)c12.O=S(=O)=O.O=S(=O)=O.[Na+].[Na+].[Na+].[Na+]. The summed E-state index contributed by atoms with van der Waals surface area (Å²) in [7, 11) is -17.1. The maximum atomic E-state index is 13.8. The van der Waals surface area contributed by atoms with Gasteiger partial charge in [0.1, 0.15) is 31.6 Å². The second-order valence-corrected chi connectivity index (χ2v) is 19.5. The van der Waals surface area contributed by atoms with Gasteiger partial charge in [0, 0.05) is 73.2 Å². The number of nitro benzene ring substituents is 2. The second kappa shape index (κ2) is 30.6. The molecule has 1 aliphatic carbocycles. The third-order valence-electron chi connectivity index (χ3n) is 11.0. The van der Waals surface area contributed by atoms with Crippen LogP contribution < -0.4 is 130 Å². The molecular formula is C46H24N12Na4O20S4. The summed E-state index contributed by atoms with van der Waals surface area (Å²) in [6.07, 6.45) is 0. The van der Waals surface area contributed by atoms with E-state index in [0.717, 1.165) is 36.4 Å².